The summed E-state index contributed by atoms with van der Waals surface area (Å²) in [5, 5.41) is 19.0. The maximum Gasteiger partial charge on any atom is 0.307 e. The summed E-state index contributed by atoms with van der Waals surface area (Å²) in [6, 6.07) is 15.7. The highest BCUT2D eigenvalue weighted by Crippen LogP contribution is 2.60. The van der Waals surface area contributed by atoms with Crippen LogP contribution in [0, 0.1) is 23.1 Å². The largest absolute Gasteiger partial charge is 0.492 e. The molecule has 2 heterocycles. The lowest BCUT2D eigenvalue weighted by atomic mass is 9.95. The molecule has 1 saturated heterocycles. The molecular weight excluding hydrogens is 529 g/mol. The van der Waals surface area contributed by atoms with E-state index in [2.05, 4.69) is 6.07 Å². The molecule has 9 heteroatoms. The van der Waals surface area contributed by atoms with Crippen LogP contribution in [0.2, 0.25) is 0 Å². The molecule has 3 atom stereocenters. The van der Waals surface area contributed by atoms with Crippen LogP contribution in [0.25, 0.3) is 0 Å². The van der Waals surface area contributed by atoms with Crippen molar-refractivity contribution < 1.29 is 38.0 Å². The van der Waals surface area contributed by atoms with Gasteiger partial charge >= 0.3 is 5.97 Å². The number of ether oxygens (including phenoxy) is 5. The molecule has 2 aliphatic carbocycles. The number of aliphatic carboxylic acids is 1. The molecule has 1 N–H and O–H groups in total. The molecule has 0 amide bonds. The second kappa shape index (κ2) is 9.96. The predicted octanol–water partition coefficient (Wildman–Crippen LogP) is 5.85. The molecule has 3 aromatic rings. The van der Waals surface area contributed by atoms with Gasteiger partial charge in [-0.25, -0.2) is 4.39 Å². The zero-order valence-electron chi connectivity index (χ0n) is 22.2. The van der Waals surface area contributed by atoms with Crippen molar-refractivity contribution in [2.45, 2.75) is 49.7 Å². The number of carboxylic acid groups (broad SMARTS) is 1. The number of carbonyl (C=O) groups is 1. The van der Waals surface area contributed by atoms with Crippen LogP contribution in [0.3, 0.4) is 0 Å². The number of carboxylic acids is 1. The van der Waals surface area contributed by atoms with E-state index < -0.39 is 23.4 Å². The van der Waals surface area contributed by atoms with E-state index in [1.165, 1.54) is 6.07 Å². The van der Waals surface area contributed by atoms with Crippen molar-refractivity contribution in [1.29, 1.82) is 5.26 Å². The Morgan fingerprint density at radius 3 is 2.63 bits per heavy atom. The minimum atomic E-state index is -0.804. The Hall–Kier alpha value is -4.29. The summed E-state index contributed by atoms with van der Waals surface area (Å²) >= 11 is 0. The Kier molecular flexibility index (Phi) is 6.24. The van der Waals surface area contributed by atoms with Crippen molar-refractivity contribution in [2.24, 2.45) is 5.92 Å². The normalized spacial score (nSPS) is 24.2. The number of hydrogen-bond donors (Lipinski definition) is 1. The minimum absolute atomic E-state index is 0.0305. The first-order valence-corrected chi connectivity index (χ1v) is 13.9. The maximum absolute atomic E-state index is 15.2. The van der Waals surface area contributed by atoms with Crippen molar-refractivity contribution in [3.05, 3.63) is 76.6 Å². The number of hydrogen-bond acceptors (Lipinski definition) is 7. The summed E-state index contributed by atoms with van der Waals surface area (Å²) in [5.41, 5.74) is 2.07. The first kappa shape index (κ1) is 25.7. The van der Waals surface area contributed by atoms with Crippen LogP contribution < -0.4 is 18.9 Å². The standard InChI is InChI=1S/C32H28FNO7/c33-25-6-8-26(40-20-2-1-18(16-34)28(13-20)39-19-9-11-37-12-10-19)22-4-7-27(30(22)25)41-21-3-5-23-29(14-21)38-17-32(23)15-24(32)31(35)36/h1-3,5-6,8,13-14,19,24,27H,4,7,9-12,15,17H2,(H,35,36)/t24?,27-,32?/m1/s1. The second-order valence-electron chi connectivity index (χ2n) is 11.1. The second-order valence-corrected chi connectivity index (χ2v) is 11.1. The Morgan fingerprint density at radius 1 is 1.02 bits per heavy atom. The topological polar surface area (TPSA) is 107 Å². The highest BCUT2D eigenvalue weighted by atomic mass is 19.1. The van der Waals surface area contributed by atoms with E-state index in [-0.39, 0.29) is 11.9 Å². The smallest absolute Gasteiger partial charge is 0.307 e. The minimum Gasteiger partial charge on any atom is -0.492 e. The fourth-order valence-electron chi connectivity index (χ4n) is 6.35. The number of fused-ring (bicyclic) bond motifs is 3. The molecule has 1 saturated carbocycles. The van der Waals surface area contributed by atoms with Crippen LogP contribution in [0.15, 0.2) is 48.5 Å². The first-order valence-electron chi connectivity index (χ1n) is 13.9. The number of nitriles is 1. The van der Waals surface area contributed by atoms with Gasteiger partial charge in [0.1, 0.15) is 52.8 Å². The molecule has 4 aliphatic rings. The van der Waals surface area contributed by atoms with Crippen LogP contribution in [-0.2, 0) is 21.4 Å². The van der Waals surface area contributed by atoms with Crippen LogP contribution in [-0.4, -0.2) is 37.0 Å². The van der Waals surface area contributed by atoms with Gasteiger partial charge < -0.3 is 28.8 Å². The summed E-state index contributed by atoms with van der Waals surface area (Å²) in [6.45, 7) is 1.60. The molecular formula is C32H28FNO7. The molecule has 0 bridgehead atoms. The molecule has 8 nitrogen and oxygen atoms in total. The maximum atomic E-state index is 15.2. The molecule has 0 aromatic heterocycles. The molecule has 210 valence electrons. The lowest BCUT2D eigenvalue weighted by Crippen LogP contribution is -2.26. The fraction of sp³-hybridized carbons (Fsp3) is 0.375. The highest BCUT2D eigenvalue weighted by Gasteiger charge is 2.63. The SMILES string of the molecule is N#Cc1ccc(Oc2ccc(F)c3c2CC[C@H]3Oc2ccc3c(c2)OCC32CC2C(=O)O)cc1OC1CCOCC1. The third-order valence-corrected chi connectivity index (χ3v) is 8.63. The van der Waals surface area contributed by atoms with Crippen molar-refractivity contribution in [2.75, 3.05) is 19.8 Å². The van der Waals surface area contributed by atoms with E-state index in [1.54, 1.807) is 36.4 Å². The van der Waals surface area contributed by atoms with E-state index in [1.807, 2.05) is 6.07 Å². The summed E-state index contributed by atoms with van der Waals surface area (Å²) in [7, 11) is 0. The molecule has 41 heavy (non-hydrogen) atoms. The Bertz CT molecular complexity index is 1580. The third-order valence-electron chi connectivity index (χ3n) is 8.63. The Morgan fingerprint density at radius 2 is 1.85 bits per heavy atom. The number of nitrogens with zero attached hydrogens (tertiary/aromatic N) is 1. The van der Waals surface area contributed by atoms with E-state index >= 15 is 4.39 Å². The summed E-state index contributed by atoms with van der Waals surface area (Å²) in [6.07, 6.45) is 2.68. The van der Waals surface area contributed by atoms with Gasteiger partial charge in [0.25, 0.3) is 0 Å². The first-order chi connectivity index (χ1) is 19.9. The van der Waals surface area contributed by atoms with E-state index in [9.17, 15) is 15.2 Å². The quantitative estimate of drug-likeness (QED) is 0.386. The van der Waals surface area contributed by atoms with Gasteiger partial charge in [-0.1, -0.05) is 6.07 Å². The lowest BCUT2D eigenvalue weighted by molar-refractivity contribution is -0.139. The molecule has 1 spiro atoms. The molecule has 2 unspecified atom stereocenters. The van der Waals surface area contributed by atoms with Gasteiger partial charge in [0.05, 0.1) is 31.3 Å². The molecule has 0 radical (unpaired) electrons. The summed E-state index contributed by atoms with van der Waals surface area (Å²) < 4.78 is 45.0. The van der Waals surface area contributed by atoms with E-state index in [0.717, 1.165) is 24.0 Å². The van der Waals surface area contributed by atoms with Crippen LogP contribution in [0.5, 0.6) is 28.7 Å². The molecule has 2 aliphatic heterocycles. The van der Waals surface area contributed by atoms with Crippen molar-refractivity contribution in [1.82, 2.24) is 0 Å². The van der Waals surface area contributed by atoms with Crippen molar-refractivity contribution in [3.63, 3.8) is 0 Å². The van der Waals surface area contributed by atoms with Gasteiger partial charge in [0.2, 0.25) is 0 Å². The molecule has 7 rings (SSSR count). The average Bonchev–Trinajstić information content (AvgIpc) is 3.40. The molecule has 2 fully saturated rings. The zero-order valence-corrected chi connectivity index (χ0v) is 22.2. The van der Waals surface area contributed by atoms with Gasteiger partial charge in [0.15, 0.2) is 0 Å². The van der Waals surface area contributed by atoms with Crippen molar-refractivity contribution in [3.8, 4) is 34.8 Å². The van der Waals surface area contributed by atoms with Gasteiger partial charge in [-0.05, 0) is 49.6 Å². The van der Waals surface area contributed by atoms with Crippen molar-refractivity contribution >= 4 is 5.97 Å². The number of rotatable bonds is 7. The van der Waals surface area contributed by atoms with Gasteiger partial charge in [-0.15, -0.1) is 0 Å². The summed E-state index contributed by atoms with van der Waals surface area (Å²) in [5.74, 6) is 1.05. The number of halogens is 1. The average molecular weight is 558 g/mol. The lowest BCUT2D eigenvalue weighted by Gasteiger charge is -2.24. The van der Waals surface area contributed by atoms with E-state index in [4.69, 9.17) is 23.7 Å². The van der Waals surface area contributed by atoms with E-state index in [0.29, 0.717) is 79.0 Å². The third kappa shape index (κ3) is 4.52. The Balaban J connectivity index is 1.10. The van der Waals surface area contributed by atoms with Crippen LogP contribution >= 0.6 is 0 Å². The summed E-state index contributed by atoms with van der Waals surface area (Å²) in [4.78, 5) is 11.5. The highest BCUT2D eigenvalue weighted by molar-refractivity contribution is 5.78. The monoisotopic (exact) mass is 557 g/mol. The van der Waals surface area contributed by atoms with Gasteiger partial charge in [-0.3, -0.25) is 4.79 Å². The Labute approximate surface area is 236 Å². The van der Waals surface area contributed by atoms with Crippen LogP contribution in [0.1, 0.15) is 54.0 Å². The van der Waals surface area contributed by atoms with Crippen LogP contribution in [0.4, 0.5) is 4.39 Å². The van der Waals surface area contributed by atoms with Gasteiger partial charge in [0, 0.05) is 47.1 Å². The zero-order chi connectivity index (χ0) is 28.1. The fourth-order valence-corrected chi connectivity index (χ4v) is 6.35. The van der Waals surface area contributed by atoms with Gasteiger partial charge in [-0.2, -0.15) is 5.26 Å². The predicted molar refractivity (Wildman–Crippen MR) is 143 cm³/mol. The molecule has 3 aromatic carbocycles. The number of benzene rings is 3.